The van der Waals surface area contributed by atoms with Crippen molar-refractivity contribution in [1.82, 2.24) is 15.0 Å². The van der Waals surface area contributed by atoms with Gasteiger partial charge in [-0.05, 0) is 43.7 Å². The molecule has 0 aliphatic carbocycles. The molecule has 2 aromatic heterocycles. The number of rotatable bonds is 5. The van der Waals surface area contributed by atoms with E-state index in [1.807, 2.05) is 0 Å². The monoisotopic (exact) mass is 416 g/mol. The van der Waals surface area contributed by atoms with Crippen molar-refractivity contribution in [2.75, 3.05) is 11.6 Å². The number of anilines is 1. The Bertz CT molecular complexity index is 1230. The highest BCUT2D eigenvalue weighted by atomic mass is 32.2. The van der Waals surface area contributed by atoms with Crippen molar-refractivity contribution in [3.63, 3.8) is 0 Å². The Kier molecular flexibility index (Phi) is 5.35. The van der Waals surface area contributed by atoms with Crippen LogP contribution in [0.25, 0.3) is 0 Å². The van der Waals surface area contributed by atoms with Gasteiger partial charge in [0.1, 0.15) is 35.4 Å². The summed E-state index contributed by atoms with van der Waals surface area (Å²) in [7, 11) is -3.08. The fourth-order valence-corrected chi connectivity index (χ4v) is 3.78. The maximum Gasteiger partial charge on any atom is 0.156 e. The number of imidazole rings is 1. The number of nitrogens with one attached hydrogen (secondary N) is 3. The zero-order valence-corrected chi connectivity index (χ0v) is 16.7. The molecule has 0 spiro atoms. The molecule has 0 saturated heterocycles. The Morgan fingerprint density at radius 3 is 2.48 bits per heavy atom. The summed E-state index contributed by atoms with van der Waals surface area (Å²) in [6.07, 6.45) is 1.26. The molecule has 10 heteroatoms. The number of aromatic nitrogens is 3. The first-order valence-corrected chi connectivity index (χ1v) is 10.5. The van der Waals surface area contributed by atoms with Crippen LogP contribution in [0.5, 0.6) is 0 Å². The van der Waals surface area contributed by atoms with Crippen molar-refractivity contribution >= 4 is 15.5 Å². The molecule has 3 aromatic rings. The van der Waals surface area contributed by atoms with Gasteiger partial charge in [-0.15, -0.1) is 0 Å². The molecule has 3 rings (SSSR count). The molecule has 1 aromatic carbocycles. The smallest absolute Gasteiger partial charge is 0.156 e. The number of H-pyrrole nitrogens is 1. The average molecular weight is 416 g/mol. The number of nitrogens with zero attached hydrogens (tertiary/aromatic N) is 3. The van der Waals surface area contributed by atoms with E-state index < -0.39 is 27.4 Å². The molecule has 29 heavy (non-hydrogen) atoms. The molecule has 7 nitrogen and oxygen atoms in total. The number of hydrogen-bond acceptors (Lipinski definition) is 6. The van der Waals surface area contributed by atoms with Crippen molar-refractivity contribution in [3.05, 3.63) is 70.3 Å². The number of hydrogen-bond donors (Lipinski definition) is 3. The van der Waals surface area contributed by atoms with Gasteiger partial charge in [0, 0.05) is 11.9 Å². The van der Waals surface area contributed by atoms with E-state index in [-0.39, 0.29) is 16.3 Å². The summed E-state index contributed by atoms with van der Waals surface area (Å²) in [6.45, 7) is 3.16. The molecule has 0 aliphatic heterocycles. The lowest BCUT2D eigenvalue weighted by Crippen LogP contribution is -2.16. The highest BCUT2D eigenvalue weighted by Gasteiger charge is 2.23. The van der Waals surface area contributed by atoms with Crippen LogP contribution < -0.4 is 5.32 Å². The minimum absolute atomic E-state index is 0.102. The molecule has 2 heterocycles. The second kappa shape index (κ2) is 7.60. The average Bonchev–Trinajstić information content (AvgIpc) is 3.05. The first-order chi connectivity index (χ1) is 13.6. The van der Waals surface area contributed by atoms with Crippen molar-refractivity contribution in [2.24, 2.45) is 0 Å². The van der Waals surface area contributed by atoms with E-state index in [1.165, 1.54) is 37.4 Å². The van der Waals surface area contributed by atoms with Gasteiger partial charge in [-0.3, -0.25) is 0 Å². The largest absolute Gasteiger partial charge is 0.356 e. The molecule has 2 unspecified atom stereocenters. The summed E-state index contributed by atoms with van der Waals surface area (Å²) in [5, 5.41) is 12.3. The fraction of sp³-hybridized carbons (Fsp3) is 0.211. The second-order valence-electron chi connectivity index (χ2n) is 6.59. The molecular weight excluding hydrogens is 398 g/mol. The number of pyridine rings is 1. The van der Waals surface area contributed by atoms with Crippen LogP contribution in [-0.4, -0.2) is 25.4 Å². The lowest BCUT2D eigenvalue weighted by Gasteiger charge is -2.18. The zero-order valence-electron chi connectivity index (χ0n) is 15.9. The lowest BCUT2D eigenvalue weighted by atomic mass is 10.0. The summed E-state index contributed by atoms with van der Waals surface area (Å²) in [4.78, 5) is 11.5. The van der Waals surface area contributed by atoms with Crippen molar-refractivity contribution in [1.29, 1.82) is 10.0 Å². The third-order valence-corrected chi connectivity index (χ3v) is 5.39. The summed E-state index contributed by atoms with van der Waals surface area (Å²) < 4.78 is 47.4. The van der Waals surface area contributed by atoms with Gasteiger partial charge in [-0.2, -0.15) is 5.26 Å². The van der Waals surface area contributed by atoms with Crippen LogP contribution in [0, 0.1) is 41.6 Å². The summed E-state index contributed by atoms with van der Waals surface area (Å²) in [5.74, 6) is -0.490. The summed E-state index contributed by atoms with van der Waals surface area (Å²) in [5.41, 5.74) is 0.977. The first-order valence-electron chi connectivity index (χ1n) is 8.49. The van der Waals surface area contributed by atoms with Gasteiger partial charge >= 0.3 is 0 Å². The van der Waals surface area contributed by atoms with E-state index in [0.717, 1.165) is 6.07 Å². The minimum Gasteiger partial charge on any atom is -0.356 e. The fourth-order valence-electron chi connectivity index (χ4n) is 2.87. The van der Waals surface area contributed by atoms with E-state index in [9.17, 15) is 13.0 Å². The Hall–Kier alpha value is -3.32. The van der Waals surface area contributed by atoms with E-state index in [0.29, 0.717) is 22.9 Å². The van der Waals surface area contributed by atoms with Crippen LogP contribution in [0.15, 0.2) is 35.4 Å². The van der Waals surface area contributed by atoms with Crippen LogP contribution in [0.2, 0.25) is 0 Å². The molecule has 0 amide bonds. The topological polar surface area (TPSA) is 118 Å². The van der Waals surface area contributed by atoms with E-state index in [4.69, 9.17) is 10.0 Å². The van der Waals surface area contributed by atoms with E-state index in [2.05, 4.69) is 20.3 Å². The van der Waals surface area contributed by atoms with Gasteiger partial charge < -0.3 is 10.3 Å². The maximum absolute atomic E-state index is 13.8. The molecule has 150 valence electrons. The Balaban J connectivity index is 2.14. The Labute approximate surface area is 166 Å². The van der Waals surface area contributed by atoms with Crippen LogP contribution in [0.3, 0.4) is 0 Å². The first kappa shape index (κ1) is 20.4. The number of aryl methyl sites for hydroxylation is 2. The van der Waals surface area contributed by atoms with Crippen LogP contribution in [-0.2, 0) is 9.73 Å². The van der Waals surface area contributed by atoms with Crippen molar-refractivity contribution in [2.45, 2.75) is 24.9 Å². The predicted octanol–water partition coefficient (Wildman–Crippen LogP) is 3.81. The van der Waals surface area contributed by atoms with Gasteiger partial charge in [0.2, 0.25) is 0 Å². The maximum atomic E-state index is 13.8. The highest BCUT2D eigenvalue weighted by molar-refractivity contribution is 7.91. The van der Waals surface area contributed by atoms with Gasteiger partial charge in [0.15, 0.2) is 5.03 Å². The third-order valence-electron chi connectivity index (χ3n) is 4.26. The standard InChI is InChI=1S/C19H18F2N6OS/c1-10-14(20)6-7-16(24-10)26-17(12-4-5-15(21)13(8-12)9-22)18-25-11(2)19(27-18)29(3,23)28/h4-8,17,23H,1-3H3,(H,24,26)(H,25,27). The molecule has 0 fully saturated rings. The normalized spacial score (nSPS) is 14.1. The quantitative estimate of drug-likeness (QED) is 0.584. The van der Waals surface area contributed by atoms with Gasteiger partial charge in [0.05, 0.1) is 21.0 Å². The molecule has 3 N–H and O–H groups in total. The summed E-state index contributed by atoms with van der Waals surface area (Å²) in [6, 6.07) is 7.75. The summed E-state index contributed by atoms with van der Waals surface area (Å²) >= 11 is 0. The molecule has 0 radical (unpaired) electrons. The molecule has 0 bridgehead atoms. The highest BCUT2D eigenvalue weighted by Crippen LogP contribution is 2.28. The van der Waals surface area contributed by atoms with E-state index in [1.54, 1.807) is 13.0 Å². The van der Waals surface area contributed by atoms with Crippen LogP contribution in [0.4, 0.5) is 14.6 Å². The van der Waals surface area contributed by atoms with Gasteiger partial charge in [-0.25, -0.2) is 27.7 Å². The molecular formula is C19H18F2N6OS. The second-order valence-corrected chi connectivity index (χ2v) is 8.66. The Morgan fingerprint density at radius 1 is 1.21 bits per heavy atom. The zero-order chi connectivity index (χ0) is 21.3. The lowest BCUT2D eigenvalue weighted by molar-refractivity contribution is 0.609. The van der Waals surface area contributed by atoms with E-state index >= 15 is 0 Å². The molecule has 0 aliphatic rings. The minimum atomic E-state index is -3.08. The molecule has 2 atom stereocenters. The predicted molar refractivity (Wildman–Crippen MR) is 104 cm³/mol. The van der Waals surface area contributed by atoms with Crippen LogP contribution >= 0.6 is 0 Å². The number of aromatic amines is 1. The number of benzene rings is 1. The number of nitriles is 1. The van der Waals surface area contributed by atoms with Gasteiger partial charge in [-0.1, -0.05) is 6.07 Å². The Morgan fingerprint density at radius 2 is 1.90 bits per heavy atom. The SMILES string of the molecule is Cc1nc(NC(c2ccc(F)c(C#N)c2)c2nc(S(C)(=N)=O)c(C)[nH]2)ccc1F. The van der Waals surface area contributed by atoms with Crippen molar-refractivity contribution < 1.29 is 13.0 Å². The molecule has 0 saturated carbocycles. The number of halogens is 2. The van der Waals surface area contributed by atoms with Crippen LogP contribution in [0.1, 0.15) is 34.4 Å². The van der Waals surface area contributed by atoms with Crippen molar-refractivity contribution in [3.8, 4) is 6.07 Å². The third kappa shape index (κ3) is 4.25. The van der Waals surface area contributed by atoms with Gasteiger partial charge in [0.25, 0.3) is 0 Å².